The first-order valence-corrected chi connectivity index (χ1v) is 5.94. The molecule has 0 aromatic carbocycles. The molecule has 1 aromatic rings. The molecule has 2 rings (SSSR count). The van der Waals surface area contributed by atoms with Crippen molar-refractivity contribution in [2.45, 2.75) is 19.4 Å². The molecule has 0 N–H and O–H groups in total. The summed E-state index contributed by atoms with van der Waals surface area (Å²) in [5, 5.41) is 8.69. The fraction of sp³-hybridized carbons (Fsp3) is 0.583. The Hall–Kier alpha value is -1.67. The molecule has 1 saturated heterocycles. The van der Waals surface area contributed by atoms with Crippen LogP contribution in [0.1, 0.15) is 13.3 Å². The maximum Gasteiger partial charge on any atom is 0.225 e. The van der Waals surface area contributed by atoms with Gasteiger partial charge in [-0.15, -0.1) is 0 Å². The van der Waals surface area contributed by atoms with Crippen molar-refractivity contribution in [3.8, 4) is 6.07 Å². The summed E-state index contributed by atoms with van der Waals surface area (Å²) in [6, 6.07) is 4.40. The van der Waals surface area contributed by atoms with E-state index in [1.54, 1.807) is 12.4 Å². The lowest BCUT2D eigenvalue weighted by Crippen LogP contribution is -2.50. The molecular formula is C12H17N5. The number of hydrogen-bond acceptors (Lipinski definition) is 5. The van der Waals surface area contributed by atoms with Crippen LogP contribution >= 0.6 is 0 Å². The van der Waals surface area contributed by atoms with E-state index in [0.717, 1.165) is 32.1 Å². The molecule has 0 spiro atoms. The highest BCUT2D eigenvalue weighted by Crippen LogP contribution is 2.12. The predicted molar refractivity (Wildman–Crippen MR) is 65.5 cm³/mol. The molecule has 1 fully saturated rings. The third-order valence-corrected chi connectivity index (χ3v) is 3.16. The number of rotatable bonds is 3. The molecule has 90 valence electrons. The van der Waals surface area contributed by atoms with Crippen molar-refractivity contribution in [2.24, 2.45) is 0 Å². The number of nitrogens with zero attached hydrogens (tertiary/aromatic N) is 5. The second-order valence-corrected chi connectivity index (χ2v) is 4.28. The minimum atomic E-state index is 0.346. The first kappa shape index (κ1) is 11.8. The van der Waals surface area contributed by atoms with Gasteiger partial charge in [0.05, 0.1) is 12.5 Å². The largest absolute Gasteiger partial charge is 0.338 e. The highest BCUT2D eigenvalue weighted by molar-refractivity contribution is 5.29. The van der Waals surface area contributed by atoms with Gasteiger partial charge in [0.15, 0.2) is 0 Å². The van der Waals surface area contributed by atoms with Gasteiger partial charge in [0, 0.05) is 44.6 Å². The molecule has 1 aromatic heterocycles. The van der Waals surface area contributed by atoms with Gasteiger partial charge in [-0.2, -0.15) is 5.26 Å². The molecule has 0 bridgehead atoms. The first-order valence-electron chi connectivity index (χ1n) is 5.94. The fourth-order valence-corrected chi connectivity index (χ4v) is 2.08. The van der Waals surface area contributed by atoms with Gasteiger partial charge in [-0.3, -0.25) is 4.90 Å². The van der Waals surface area contributed by atoms with Gasteiger partial charge in [-0.1, -0.05) is 0 Å². The molecule has 1 aliphatic heterocycles. The van der Waals surface area contributed by atoms with E-state index in [-0.39, 0.29) is 0 Å². The third kappa shape index (κ3) is 2.92. The molecule has 1 atom stereocenters. The van der Waals surface area contributed by atoms with E-state index in [2.05, 4.69) is 32.8 Å². The van der Waals surface area contributed by atoms with Gasteiger partial charge in [-0.25, -0.2) is 9.97 Å². The molecule has 1 unspecified atom stereocenters. The molecule has 0 aliphatic carbocycles. The van der Waals surface area contributed by atoms with Crippen LogP contribution in [0.15, 0.2) is 18.5 Å². The lowest BCUT2D eigenvalue weighted by Gasteiger charge is -2.37. The molecule has 0 amide bonds. The maximum atomic E-state index is 8.69. The van der Waals surface area contributed by atoms with Crippen LogP contribution in [-0.4, -0.2) is 47.1 Å². The Morgan fingerprint density at radius 2 is 1.94 bits per heavy atom. The summed E-state index contributed by atoms with van der Waals surface area (Å²) >= 11 is 0. The van der Waals surface area contributed by atoms with Crippen LogP contribution in [0.5, 0.6) is 0 Å². The number of hydrogen-bond donors (Lipinski definition) is 0. The monoisotopic (exact) mass is 231 g/mol. The Kier molecular flexibility index (Phi) is 3.89. The zero-order chi connectivity index (χ0) is 12.1. The Labute approximate surface area is 102 Å². The van der Waals surface area contributed by atoms with Crippen molar-refractivity contribution in [3.05, 3.63) is 18.5 Å². The minimum Gasteiger partial charge on any atom is -0.338 e. The number of aromatic nitrogens is 2. The smallest absolute Gasteiger partial charge is 0.225 e. The Balaban J connectivity index is 1.89. The summed E-state index contributed by atoms with van der Waals surface area (Å²) in [7, 11) is 0. The zero-order valence-corrected chi connectivity index (χ0v) is 10.1. The van der Waals surface area contributed by atoms with E-state index in [1.165, 1.54) is 0 Å². The van der Waals surface area contributed by atoms with Crippen molar-refractivity contribution in [1.29, 1.82) is 5.26 Å². The SMILES string of the molecule is CC(CC#N)N1CCN(c2ncccn2)CC1. The van der Waals surface area contributed by atoms with Gasteiger partial charge >= 0.3 is 0 Å². The summed E-state index contributed by atoms with van der Waals surface area (Å²) < 4.78 is 0. The quantitative estimate of drug-likeness (QED) is 0.773. The van der Waals surface area contributed by atoms with Crippen molar-refractivity contribution in [1.82, 2.24) is 14.9 Å². The van der Waals surface area contributed by atoms with Crippen LogP contribution in [0.4, 0.5) is 5.95 Å². The second kappa shape index (κ2) is 5.60. The van der Waals surface area contributed by atoms with Crippen LogP contribution in [0.2, 0.25) is 0 Å². The Bertz CT molecular complexity index is 378. The lowest BCUT2D eigenvalue weighted by atomic mass is 10.2. The van der Waals surface area contributed by atoms with E-state index in [0.29, 0.717) is 12.5 Å². The average Bonchev–Trinajstić information content (AvgIpc) is 2.40. The Morgan fingerprint density at radius 1 is 1.29 bits per heavy atom. The van der Waals surface area contributed by atoms with E-state index in [9.17, 15) is 0 Å². The highest BCUT2D eigenvalue weighted by atomic mass is 15.3. The van der Waals surface area contributed by atoms with Gasteiger partial charge in [0.2, 0.25) is 5.95 Å². The van der Waals surface area contributed by atoms with Gasteiger partial charge in [-0.05, 0) is 13.0 Å². The fourth-order valence-electron chi connectivity index (χ4n) is 2.08. The van der Waals surface area contributed by atoms with Crippen molar-refractivity contribution in [2.75, 3.05) is 31.1 Å². The van der Waals surface area contributed by atoms with Crippen molar-refractivity contribution >= 4 is 5.95 Å². The molecule has 0 radical (unpaired) electrons. The summed E-state index contributed by atoms with van der Waals surface area (Å²) in [5.74, 6) is 0.806. The minimum absolute atomic E-state index is 0.346. The molecule has 5 heteroatoms. The van der Waals surface area contributed by atoms with Gasteiger partial charge in [0.25, 0.3) is 0 Å². The lowest BCUT2D eigenvalue weighted by molar-refractivity contribution is 0.198. The number of nitriles is 1. The van der Waals surface area contributed by atoms with Crippen LogP contribution in [-0.2, 0) is 0 Å². The highest BCUT2D eigenvalue weighted by Gasteiger charge is 2.21. The molecule has 1 aliphatic rings. The zero-order valence-electron chi connectivity index (χ0n) is 10.1. The van der Waals surface area contributed by atoms with Crippen molar-refractivity contribution in [3.63, 3.8) is 0 Å². The molecule has 5 nitrogen and oxygen atoms in total. The molecule has 0 saturated carbocycles. The van der Waals surface area contributed by atoms with E-state index < -0.39 is 0 Å². The van der Waals surface area contributed by atoms with Gasteiger partial charge < -0.3 is 4.90 Å². The average molecular weight is 231 g/mol. The summed E-state index contributed by atoms with van der Waals surface area (Å²) in [4.78, 5) is 13.0. The van der Waals surface area contributed by atoms with Crippen LogP contribution in [0.25, 0.3) is 0 Å². The van der Waals surface area contributed by atoms with Crippen LogP contribution < -0.4 is 4.90 Å². The number of piperazine rings is 1. The number of anilines is 1. The summed E-state index contributed by atoms with van der Waals surface area (Å²) in [6.45, 7) is 5.92. The molecule has 17 heavy (non-hydrogen) atoms. The third-order valence-electron chi connectivity index (χ3n) is 3.16. The molecule has 2 heterocycles. The van der Waals surface area contributed by atoms with Crippen molar-refractivity contribution < 1.29 is 0 Å². The molecular weight excluding hydrogens is 214 g/mol. The summed E-state index contributed by atoms with van der Waals surface area (Å²) in [6.07, 6.45) is 4.14. The summed E-state index contributed by atoms with van der Waals surface area (Å²) in [5.41, 5.74) is 0. The predicted octanol–water partition coefficient (Wildman–Crippen LogP) is 0.901. The van der Waals surface area contributed by atoms with E-state index in [4.69, 9.17) is 5.26 Å². The topological polar surface area (TPSA) is 56.1 Å². The van der Waals surface area contributed by atoms with Gasteiger partial charge in [0.1, 0.15) is 0 Å². The van der Waals surface area contributed by atoms with E-state index >= 15 is 0 Å². The maximum absolute atomic E-state index is 8.69. The van der Waals surface area contributed by atoms with E-state index in [1.807, 2.05) is 6.07 Å². The normalized spacial score (nSPS) is 18.7. The second-order valence-electron chi connectivity index (χ2n) is 4.28. The Morgan fingerprint density at radius 3 is 2.53 bits per heavy atom. The first-order chi connectivity index (χ1) is 8.31. The standard InChI is InChI=1S/C12H17N5/c1-11(3-4-13)16-7-9-17(10-8-16)12-14-5-2-6-15-12/h2,5-6,11H,3,7-10H2,1H3. The van der Waals surface area contributed by atoms with Crippen LogP contribution in [0.3, 0.4) is 0 Å². The van der Waals surface area contributed by atoms with Crippen LogP contribution in [0, 0.1) is 11.3 Å².